The van der Waals surface area contributed by atoms with Crippen LogP contribution < -0.4 is 5.73 Å². The van der Waals surface area contributed by atoms with Crippen LogP contribution in [0.4, 0.5) is 5.95 Å². The van der Waals surface area contributed by atoms with Crippen molar-refractivity contribution in [2.24, 2.45) is 0 Å². The first kappa shape index (κ1) is 16.6. The van der Waals surface area contributed by atoms with Gasteiger partial charge in [0.1, 0.15) is 17.0 Å². The fourth-order valence-electron chi connectivity index (χ4n) is 2.89. The number of esters is 1. The van der Waals surface area contributed by atoms with Gasteiger partial charge in [-0.25, -0.2) is 19.7 Å². The summed E-state index contributed by atoms with van der Waals surface area (Å²) >= 11 is 0. The van der Waals surface area contributed by atoms with Crippen molar-refractivity contribution in [3.05, 3.63) is 60.0 Å². The first-order valence-electron chi connectivity index (χ1n) is 8.20. The molecule has 0 aromatic carbocycles. The minimum atomic E-state index is -0.436. The molecule has 0 saturated heterocycles. The number of fused-ring (bicyclic) bond motifs is 1. The highest BCUT2D eigenvalue weighted by atomic mass is 16.5. The average molecular weight is 360 g/mol. The topological polar surface area (TPSA) is 108 Å². The quantitative estimate of drug-likeness (QED) is 0.559. The Hall–Kier alpha value is -3.81. The molecule has 4 rings (SSSR count). The number of aromatic nitrogens is 5. The second kappa shape index (κ2) is 6.49. The van der Waals surface area contributed by atoms with E-state index in [2.05, 4.69) is 15.0 Å². The van der Waals surface area contributed by atoms with Crippen LogP contribution in [0.3, 0.4) is 0 Å². The van der Waals surface area contributed by atoms with Crippen LogP contribution >= 0.6 is 0 Å². The van der Waals surface area contributed by atoms with E-state index in [-0.39, 0.29) is 5.95 Å². The summed E-state index contributed by atoms with van der Waals surface area (Å²) in [5.74, 6) is -0.288. The van der Waals surface area contributed by atoms with Gasteiger partial charge >= 0.3 is 5.97 Å². The van der Waals surface area contributed by atoms with E-state index in [4.69, 9.17) is 15.5 Å². The van der Waals surface area contributed by atoms with Crippen molar-refractivity contribution in [3.8, 4) is 22.8 Å². The van der Waals surface area contributed by atoms with E-state index in [9.17, 15) is 4.79 Å². The lowest BCUT2D eigenvalue weighted by Crippen LogP contribution is -2.04. The Morgan fingerprint density at radius 1 is 1.07 bits per heavy atom. The van der Waals surface area contributed by atoms with Crippen molar-refractivity contribution in [1.29, 1.82) is 0 Å². The Labute approximate surface area is 154 Å². The zero-order valence-electron chi connectivity index (χ0n) is 14.7. The first-order chi connectivity index (χ1) is 13.1. The zero-order chi connectivity index (χ0) is 19.0. The van der Waals surface area contributed by atoms with E-state index in [1.807, 2.05) is 25.1 Å². The lowest BCUT2D eigenvalue weighted by atomic mass is 10.1. The summed E-state index contributed by atoms with van der Waals surface area (Å²) in [5, 5.41) is 0. The smallest absolute Gasteiger partial charge is 0.339 e. The molecule has 2 N–H and O–H groups in total. The van der Waals surface area contributed by atoms with E-state index < -0.39 is 5.97 Å². The van der Waals surface area contributed by atoms with Gasteiger partial charge in [0, 0.05) is 18.1 Å². The highest BCUT2D eigenvalue weighted by molar-refractivity contribution is 5.90. The normalized spacial score (nSPS) is 10.9. The maximum absolute atomic E-state index is 12.0. The van der Waals surface area contributed by atoms with Gasteiger partial charge in [-0.2, -0.15) is 0 Å². The summed E-state index contributed by atoms with van der Waals surface area (Å²) in [6.07, 6.45) is 3.25. The maximum atomic E-state index is 12.0. The van der Waals surface area contributed by atoms with Gasteiger partial charge in [0.2, 0.25) is 5.95 Å². The second-order valence-corrected chi connectivity index (χ2v) is 5.91. The molecule has 0 aliphatic carbocycles. The van der Waals surface area contributed by atoms with Crippen molar-refractivity contribution >= 4 is 17.6 Å². The van der Waals surface area contributed by atoms with Gasteiger partial charge in [-0.1, -0.05) is 6.07 Å². The molecule has 0 unspecified atom stereocenters. The fraction of sp³-hybridized carbons (Fsp3) is 0.105. The highest BCUT2D eigenvalue weighted by Gasteiger charge is 2.20. The van der Waals surface area contributed by atoms with Crippen molar-refractivity contribution in [1.82, 2.24) is 24.3 Å². The molecule has 27 heavy (non-hydrogen) atoms. The molecule has 4 aromatic rings. The number of hydrogen-bond acceptors (Lipinski definition) is 7. The number of rotatable bonds is 3. The third-order valence-corrected chi connectivity index (χ3v) is 4.09. The Kier molecular flexibility index (Phi) is 4.00. The number of carbonyl (C=O) groups excluding carboxylic acids is 1. The van der Waals surface area contributed by atoms with Crippen molar-refractivity contribution < 1.29 is 9.53 Å². The van der Waals surface area contributed by atoms with Crippen LogP contribution in [0.2, 0.25) is 0 Å². The van der Waals surface area contributed by atoms with Crippen LogP contribution in [0.15, 0.2) is 48.8 Å². The molecule has 4 aromatic heterocycles. The van der Waals surface area contributed by atoms with E-state index in [0.717, 1.165) is 5.69 Å². The van der Waals surface area contributed by atoms with E-state index >= 15 is 0 Å². The SMILES string of the molecule is COC(=O)c1ccc2nc(-c3cccc(C)n3)c(-c3ccnc(N)n3)n2c1. The molecule has 0 radical (unpaired) electrons. The Bertz CT molecular complexity index is 1170. The van der Waals surface area contributed by atoms with Gasteiger partial charge in [0.05, 0.1) is 24.1 Å². The molecule has 0 bridgehead atoms. The minimum absolute atomic E-state index is 0.148. The molecule has 134 valence electrons. The second-order valence-electron chi connectivity index (χ2n) is 5.91. The number of ether oxygens (including phenoxy) is 1. The summed E-state index contributed by atoms with van der Waals surface area (Å²) in [7, 11) is 1.34. The van der Waals surface area contributed by atoms with Gasteiger partial charge in [-0.15, -0.1) is 0 Å². The highest BCUT2D eigenvalue weighted by Crippen LogP contribution is 2.31. The predicted molar refractivity (Wildman–Crippen MR) is 99.9 cm³/mol. The number of aryl methyl sites for hydroxylation is 1. The molecule has 8 nitrogen and oxygen atoms in total. The zero-order valence-corrected chi connectivity index (χ0v) is 14.7. The van der Waals surface area contributed by atoms with Crippen molar-refractivity contribution in [2.45, 2.75) is 6.92 Å². The number of nitrogens with two attached hydrogens (primary N) is 1. The first-order valence-corrected chi connectivity index (χ1v) is 8.20. The molecule has 0 amide bonds. The lowest BCUT2D eigenvalue weighted by Gasteiger charge is -2.06. The molecule has 8 heteroatoms. The van der Waals surface area contributed by atoms with Crippen LogP contribution in [-0.2, 0) is 4.74 Å². The number of carbonyl (C=O) groups is 1. The third kappa shape index (κ3) is 2.97. The molecular weight excluding hydrogens is 344 g/mol. The maximum Gasteiger partial charge on any atom is 0.339 e. The van der Waals surface area contributed by atoms with E-state index in [1.54, 1.807) is 35.0 Å². The van der Waals surface area contributed by atoms with Gasteiger partial charge in [-0.3, -0.25) is 9.38 Å². The third-order valence-electron chi connectivity index (χ3n) is 4.09. The number of anilines is 1. The minimum Gasteiger partial charge on any atom is -0.465 e. The van der Waals surface area contributed by atoms with Gasteiger partial charge in [-0.05, 0) is 37.3 Å². The Morgan fingerprint density at radius 2 is 1.93 bits per heavy atom. The molecule has 4 heterocycles. The van der Waals surface area contributed by atoms with Gasteiger partial charge < -0.3 is 10.5 Å². The number of nitrogens with zero attached hydrogens (tertiary/aromatic N) is 5. The fourth-order valence-corrected chi connectivity index (χ4v) is 2.89. The number of hydrogen-bond donors (Lipinski definition) is 1. The number of nitrogen functional groups attached to an aromatic ring is 1. The summed E-state index contributed by atoms with van der Waals surface area (Å²) in [4.78, 5) is 29.5. The van der Waals surface area contributed by atoms with Crippen LogP contribution in [0.1, 0.15) is 16.1 Å². The average Bonchev–Trinajstić information content (AvgIpc) is 3.06. The Morgan fingerprint density at radius 3 is 2.67 bits per heavy atom. The summed E-state index contributed by atoms with van der Waals surface area (Å²) in [6, 6.07) is 10.9. The van der Waals surface area contributed by atoms with E-state index in [1.165, 1.54) is 7.11 Å². The number of methoxy groups -OCH3 is 1. The standard InChI is InChI=1S/C19H16N6O2/c1-11-4-3-5-13(22-11)16-17(14-8-9-21-19(20)23-14)25-10-12(18(26)27-2)6-7-15(25)24-16/h3-10H,1-2H3,(H2,20,21,23). The van der Waals surface area contributed by atoms with E-state index in [0.29, 0.717) is 34.0 Å². The number of imidazole rings is 1. The molecule has 0 saturated carbocycles. The monoisotopic (exact) mass is 360 g/mol. The molecular formula is C19H16N6O2. The Balaban J connectivity index is 2.05. The largest absolute Gasteiger partial charge is 0.465 e. The molecule has 0 spiro atoms. The number of pyridine rings is 2. The molecule has 0 aliphatic heterocycles. The van der Waals surface area contributed by atoms with Crippen molar-refractivity contribution in [3.63, 3.8) is 0 Å². The summed E-state index contributed by atoms with van der Waals surface area (Å²) in [6.45, 7) is 1.91. The van der Waals surface area contributed by atoms with Crippen LogP contribution in [-0.4, -0.2) is 37.4 Å². The lowest BCUT2D eigenvalue weighted by molar-refractivity contribution is 0.0600. The van der Waals surface area contributed by atoms with Crippen molar-refractivity contribution in [2.75, 3.05) is 12.8 Å². The summed E-state index contributed by atoms with van der Waals surface area (Å²) in [5.41, 5.74) is 10.3. The molecule has 0 aliphatic rings. The van der Waals surface area contributed by atoms with Crippen LogP contribution in [0.5, 0.6) is 0 Å². The predicted octanol–water partition coefficient (Wildman–Crippen LogP) is 2.53. The summed E-state index contributed by atoms with van der Waals surface area (Å²) < 4.78 is 6.61. The molecule has 0 fully saturated rings. The molecule has 0 atom stereocenters. The van der Waals surface area contributed by atoms with Crippen LogP contribution in [0, 0.1) is 6.92 Å². The van der Waals surface area contributed by atoms with Gasteiger partial charge in [0.15, 0.2) is 0 Å². The van der Waals surface area contributed by atoms with Gasteiger partial charge in [0.25, 0.3) is 0 Å². The van der Waals surface area contributed by atoms with Crippen LogP contribution in [0.25, 0.3) is 28.4 Å².